The van der Waals surface area contributed by atoms with Crippen molar-refractivity contribution in [2.24, 2.45) is 5.73 Å². The van der Waals surface area contributed by atoms with E-state index in [1.54, 1.807) is 32.3 Å². The van der Waals surface area contributed by atoms with Gasteiger partial charge < -0.3 is 16.2 Å². The first-order chi connectivity index (χ1) is 11.5. The van der Waals surface area contributed by atoms with Crippen molar-refractivity contribution < 1.29 is 10.1 Å². The van der Waals surface area contributed by atoms with Gasteiger partial charge in [0.15, 0.2) is 6.21 Å². The van der Waals surface area contributed by atoms with E-state index in [4.69, 9.17) is 5.73 Å². The van der Waals surface area contributed by atoms with Crippen LogP contribution in [0.15, 0.2) is 39.2 Å². The molecule has 0 unspecified atom stereocenters. The molecule has 7 nitrogen and oxygen atoms in total. The molecule has 0 aliphatic heterocycles. The van der Waals surface area contributed by atoms with Crippen molar-refractivity contribution in [2.75, 3.05) is 18.9 Å². The zero-order valence-electron chi connectivity index (χ0n) is 13.6. The number of aliphatic hydroxyl groups excluding tert-OH is 1. The summed E-state index contributed by atoms with van der Waals surface area (Å²) >= 11 is 3.38. The van der Waals surface area contributed by atoms with Gasteiger partial charge in [-0.05, 0) is 25.1 Å². The fourth-order valence-electron chi connectivity index (χ4n) is 2.23. The van der Waals surface area contributed by atoms with Crippen molar-refractivity contribution in [1.82, 2.24) is 9.55 Å². The molecular weight excluding hydrogens is 374 g/mol. The number of hydrogen-bond acceptors (Lipinski definition) is 5. The lowest BCUT2D eigenvalue weighted by Gasteiger charge is -2.15. The zero-order chi connectivity index (χ0) is 17.7. The van der Waals surface area contributed by atoms with Crippen molar-refractivity contribution in [1.29, 1.82) is 0 Å². The van der Waals surface area contributed by atoms with E-state index in [2.05, 4.69) is 31.2 Å². The highest BCUT2D eigenvalue weighted by atomic mass is 79.9. The lowest BCUT2D eigenvalue weighted by Crippen LogP contribution is -2.63. The molecule has 2 rings (SSSR count). The molecule has 8 heteroatoms. The van der Waals surface area contributed by atoms with Crippen LogP contribution in [0.2, 0.25) is 0 Å². The number of halogens is 1. The van der Waals surface area contributed by atoms with Gasteiger partial charge in [0, 0.05) is 17.2 Å². The summed E-state index contributed by atoms with van der Waals surface area (Å²) in [7, 11) is 1.76. The third kappa shape index (κ3) is 4.21. The Hall–Kier alpha value is -2.19. The maximum Gasteiger partial charge on any atom is 0.263 e. The highest BCUT2D eigenvalue weighted by Gasteiger charge is 2.13. The van der Waals surface area contributed by atoms with Gasteiger partial charge in [-0.1, -0.05) is 15.9 Å². The highest BCUT2D eigenvalue weighted by molar-refractivity contribution is 9.10. The molecule has 24 heavy (non-hydrogen) atoms. The molecule has 5 N–H and O–H groups in total. The second-order valence-corrected chi connectivity index (χ2v) is 6.31. The summed E-state index contributed by atoms with van der Waals surface area (Å²) in [6.07, 6.45) is 2.59. The van der Waals surface area contributed by atoms with Crippen LogP contribution in [0.5, 0.6) is 0 Å². The van der Waals surface area contributed by atoms with E-state index in [-0.39, 0.29) is 18.6 Å². The molecule has 0 radical (unpaired) electrons. The number of nitrogens with two attached hydrogens (primary N) is 1. The fourth-order valence-corrected chi connectivity index (χ4v) is 2.59. The summed E-state index contributed by atoms with van der Waals surface area (Å²) in [5.74, 6) is 0.388. The first kappa shape index (κ1) is 18.2. The van der Waals surface area contributed by atoms with Crippen LogP contribution >= 0.6 is 15.9 Å². The lowest BCUT2D eigenvalue weighted by atomic mass is 10.2. The summed E-state index contributed by atoms with van der Waals surface area (Å²) < 4.78 is 2.31. The number of nitrogens with one attached hydrogen (secondary N) is 2. The number of aliphatic hydroxyl groups is 1. The Balaban J connectivity index is 2.60. The van der Waals surface area contributed by atoms with Crippen LogP contribution in [-0.4, -0.2) is 40.6 Å². The average Bonchev–Trinajstić information content (AvgIpc) is 2.55. The molecule has 0 amide bonds. The van der Waals surface area contributed by atoms with Crippen molar-refractivity contribution in [2.45, 2.75) is 19.6 Å². The van der Waals surface area contributed by atoms with Crippen molar-refractivity contribution in [3.63, 3.8) is 0 Å². The second kappa shape index (κ2) is 8.07. The third-order valence-electron chi connectivity index (χ3n) is 3.36. The van der Waals surface area contributed by atoms with Gasteiger partial charge in [-0.2, -0.15) is 0 Å². The van der Waals surface area contributed by atoms with E-state index in [1.807, 2.05) is 6.07 Å². The summed E-state index contributed by atoms with van der Waals surface area (Å²) in [6, 6.07) is 5.35. The maximum absolute atomic E-state index is 12.9. The molecule has 0 fully saturated rings. The van der Waals surface area contributed by atoms with Crippen molar-refractivity contribution in [3.05, 3.63) is 44.8 Å². The van der Waals surface area contributed by atoms with Gasteiger partial charge >= 0.3 is 0 Å². The predicted molar refractivity (Wildman–Crippen MR) is 99.1 cm³/mol. The molecule has 0 bridgehead atoms. The number of allylic oxidation sites excluding steroid dienone is 1. The van der Waals surface area contributed by atoms with Gasteiger partial charge in [0.2, 0.25) is 5.95 Å². The van der Waals surface area contributed by atoms with Crippen LogP contribution in [0.25, 0.3) is 10.9 Å². The number of anilines is 1. The largest absolute Gasteiger partial charge is 0.404 e. The lowest BCUT2D eigenvalue weighted by molar-refractivity contribution is -0.413. The topological polar surface area (TPSA) is 107 Å². The van der Waals surface area contributed by atoms with Gasteiger partial charge in [-0.3, -0.25) is 14.4 Å². The Morgan fingerprint density at radius 1 is 1.58 bits per heavy atom. The molecule has 0 aliphatic rings. The average molecular weight is 395 g/mol. The summed E-state index contributed by atoms with van der Waals surface area (Å²) in [5.41, 5.74) is 6.77. The number of rotatable bonds is 6. The molecule has 1 aromatic heterocycles. The number of nitrogens with zero attached hydrogens (tertiary/aromatic N) is 2. The van der Waals surface area contributed by atoms with E-state index in [0.29, 0.717) is 16.9 Å². The molecule has 2 aromatic rings. The molecule has 0 aliphatic carbocycles. The highest BCUT2D eigenvalue weighted by Crippen LogP contribution is 2.17. The maximum atomic E-state index is 12.9. The van der Waals surface area contributed by atoms with E-state index in [9.17, 15) is 9.90 Å². The third-order valence-corrected chi connectivity index (χ3v) is 3.85. The Morgan fingerprint density at radius 3 is 2.96 bits per heavy atom. The molecular formula is C16H21BrN5O2+. The van der Waals surface area contributed by atoms with Gasteiger partial charge in [0.1, 0.15) is 7.05 Å². The van der Waals surface area contributed by atoms with E-state index in [0.717, 1.165) is 10.0 Å². The minimum atomic E-state index is -0.565. The monoisotopic (exact) mass is 394 g/mol. The Labute approximate surface area is 148 Å². The minimum Gasteiger partial charge on any atom is -0.404 e. The number of hydrogen-bond donors (Lipinski definition) is 4. The first-order valence-electron chi connectivity index (χ1n) is 7.49. The Kier molecular flexibility index (Phi) is 6.10. The molecule has 1 aromatic carbocycles. The van der Waals surface area contributed by atoms with Crippen molar-refractivity contribution >= 4 is 39.0 Å². The van der Waals surface area contributed by atoms with Gasteiger partial charge in [-0.25, -0.2) is 4.98 Å². The Morgan fingerprint density at radius 2 is 2.33 bits per heavy atom. The van der Waals surface area contributed by atoms with Gasteiger partial charge in [0.25, 0.3) is 5.56 Å². The first-order valence-corrected chi connectivity index (χ1v) is 8.29. The van der Waals surface area contributed by atoms with Crippen LogP contribution in [-0.2, 0) is 6.54 Å². The molecule has 0 saturated heterocycles. The second-order valence-electron chi connectivity index (χ2n) is 5.39. The minimum absolute atomic E-state index is 0.182. The molecule has 1 heterocycles. The van der Waals surface area contributed by atoms with Crippen molar-refractivity contribution in [3.8, 4) is 0 Å². The van der Waals surface area contributed by atoms with Crippen LogP contribution in [0.3, 0.4) is 0 Å². The zero-order valence-corrected chi connectivity index (χ0v) is 15.2. The molecule has 0 saturated carbocycles. The van der Waals surface area contributed by atoms with E-state index >= 15 is 0 Å². The summed E-state index contributed by atoms with van der Waals surface area (Å²) in [4.78, 5) is 20.3. The van der Waals surface area contributed by atoms with Crippen LogP contribution in [0.4, 0.5) is 5.95 Å². The predicted octanol–water partition coefficient (Wildman–Crippen LogP) is -0.424. The van der Waals surface area contributed by atoms with Crippen LogP contribution in [0, 0.1) is 0 Å². The summed E-state index contributed by atoms with van der Waals surface area (Å²) in [6.45, 7) is 2.20. The summed E-state index contributed by atoms with van der Waals surface area (Å²) in [5, 5.41) is 13.0. The standard InChI is InChI=1S/C16H20BrN5O2/c1-10(23)7-20-16-21-14-4-3-12(17)5-13(14)15(24)22(16)9-11(6-18)8-19-2/h3-6,8,10,23H,7,9,18H2,1-2H3,(H,20,21)/p+1/b11-6+,19-8?/t10-/m0/s1. The number of fused-ring (bicyclic) bond motifs is 1. The number of benzene rings is 1. The molecule has 1 atom stereocenters. The normalized spacial score (nSPS) is 13.6. The molecule has 0 spiro atoms. The quantitative estimate of drug-likeness (QED) is 0.497. The number of aromatic nitrogens is 2. The SMILES string of the molecule is C[NH+]=C/C(=C\N)Cn1c(NC[C@H](C)O)nc2ccc(Br)cc2c1=O. The van der Waals surface area contributed by atoms with Crippen LogP contribution < -0.4 is 21.6 Å². The molecule has 128 valence electrons. The Bertz CT molecular complexity index is 842. The van der Waals surface area contributed by atoms with E-state index < -0.39 is 6.10 Å². The smallest absolute Gasteiger partial charge is 0.263 e. The van der Waals surface area contributed by atoms with Crippen LogP contribution in [0.1, 0.15) is 6.92 Å². The fraction of sp³-hybridized carbons (Fsp3) is 0.312. The van der Waals surface area contributed by atoms with E-state index in [1.165, 1.54) is 10.8 Å². The van der Waals surface area contributed by atoms with Gasteiger partial charge in [0.05, 0.1) is 29.1 Å². The van der Waals surface area contributed by atoms with Gasteiger partial charge in [-0.15, -0.1) is 0 Å².